The van der Waals surface area contributed by atoms with Crippen molar-refractivity contribution in [1.82, 2.24) is 0 Å². The number of aromatic carboxylic acids is 1. The first-order valence-corrected chi connectivity index (χ1v) is 4.80. The third kappa shape index (κ3) is 1.90. The Morgan fingerprint density at radius 2 is 1.88 bits per heavy atom. The number of nitrogen functional groups attached to an aromatic ring is 1. The zero-order valence-electron chi connectivity index (χ0n) is 8.71. The Morgan fingerprint density at radius 3 is 2.47 bits per heavy atom. The molecular weight excluding hydrogens is 222 g/mol. The van der Waals surface area contributed by atoms with E-state index in [9.17, 15) is 9.59 Å². The van der Waals surface area contributed by atoms with Crippen LogP contribution in [0.25, 0.3) is 0 Å². The smallest absolute Gasteiger partial charge is 0.337 e. The van der Waals surface area contributed by atoms with E-state index in [-0.39, 0.29) is 22.6 Å². The second-order valence-corrected chi connectivity index (χ2v) is 3.41. The summed E-state index contributed by atoms with van der Waals surface area (Å²) < 4.78 is 4.80. The van der Waals surface area contributed by atoms with Crippen molar-refractivity contribution in [3.05, 3.63) is 53.5 Å². The van der Waals surface area contributed by atoms with Gasteiger partial charge in [-0.15, -0.1) is 0 Å². The molecule has 0 saturated carbocycles. The number of carbonyl (C=O) groups is 2. The molecule has 2 rings (SSSR count). The van der Waals surface area contributed by atoms with Gasteiger partial charge in [0.15, 0.2) is 5.78 Å². The number of carbonyl (C=O) groups excluding carboxylic acids is 1. The molecular formula is C12H9NO4. The number of nitrogens with two attached hydrogens (primary N) is 1. The van der Waals surface area contributed by atoms with E-state index < -0.39 is 5.97 Å². The number of hydrogen-bond donors (Lipinski definition) is 2. The predicted molar refractivity (Wildman–Crippen MR) is 60.0 cm³/mol. The summed E-state index contributed by atoms with van der Waals surface area (Å²) in [6.45, 7) is 0. The van der Waals surface area contributed by atoms with E-state index in [1.807, 2.05) is 0 Å². The van der Waals surface area contributed by atoms with Gasteiger partial charge in [0.05, 0.1) is 23.1 Å². The van der Waals surface area contributed by atoms with E-state index in [4.69, 9.17) is 15.3 Å². The van der Waals surface area contributed by atoms with Crippen molar-refractivity contribution in [2.24, 2.45) is 0 Å². The molecule has 0 aliphatic rings. The normalized spacial score (nSPS) is 10.1. The van der Waals surface area contributed by atoms with E-state index in [0.717, 1.165) is 0 Å². The summed E-state index contributed by atoms with van der Waals surface area (Å²) >= 11 is 0. The molecule has 0 bridgehead atoms. The lowest BCUT2D eigenvalue weighted by atomic mass is 10.0. The Kier molecular flexibility index (Phi) is 2.66. The molecule has 5 heteroatoms. The van der Waals surface area contributed by atoms with Gasteiger partial charge in [-0.25, -0.2) is 4.79 Å². The van der Waals surface area contributed by atoms with Crippen molar-refractivity contribution in [1.29, 1.82) is 0 Å². The van der Waals surface area contributed by atoms with Gasteiger partial charge in [0.25, 0.3) is 0 Å². The van der Waals surface area contributed by atoms with Gasteiger partial charge < -0.3 is 15.3 Å². The van der Waals surface area contributed by atoms with Crippen LogP contribution in [0.3, 0.4) is 0 Å². The lowest BCUT2D eigenvalue weighted by Crippen LogP contribution is -2.09. The SMILES string of the molecule is Nc1c(C(=O)O)cccc1C(=O)c1ccoc1. The molecule has 3 N–H and O–H groups in total. The Bertz CT molecular complexity index is 572. The van der Waals surface area contributed by atoms with Crippen molar-refractivity contribution in [2.75, 3.05) is 5.73 Å². The number of hydrogen-bond acceptors (Lipinski definition) is 4. The van der Waals surface area contributed by atoms with Gasteiger partial charge in [0.2, 0.25) is 0 Å². The fourth-order valence-corrected chi connectivity index (χ4v) is 1.50. The summed E-state index contributed by atoms with van der Waals surface area (Å²) in [4.78, 5) is 22.8. The number of furan rings is 1. The van der Waals surface area contributed by atoms with Gasteiger partial charge >= 0.3 is 5.97 Å². The molecule has 0 aliphatic heterocycles. The van der Waals surface area contributed by atoms with Crippen LogP contribution < -0.4 is 5.73 Å². The molecule has 5 nitrogen and oxygen atoms in total. The molecule has 86 valence electrons. The molecule has 0 atom stereocenters. The maximum Gasteiger partial charge on any atom is 0.337 e. The maximum atomic E-state index is 12.0. The fourth-order valence-electron chi connectivity index (χ4n) is 1.50. The first-order chi connectivity index (χ1) is 8.11. The Balaban J connectivity index is 2.50. The number of carboxylic acid groups (broad SMARTS) is 1. The van der Waals surface area contributed by atoms with Crippen LogP contribution in [0.5, 0.6) is 0 Å². The van der Waals surface area contributed by atoms with Crippen LogP contribution in [0.2, 0.25) is 0 Å². The summed E-state index contributed by atoms with van der Waals surface area (Å²) in [5.74, 6) is -1.52. The molecule has 0 aliphatic carbocycles. The predicted octanol–water partition coefficient (Wildman–Crippen LogP) is 1.79. The summed E-state index contributed by atoms with van der Waals surface area (Å²) in [5, 5.41) is 8.89. The van der Waals surface area contributed by atoms with Gasteiger partial charge in [-0.2, -0.15) is 0 Å². The first-order valence-electron chi connectivity index (χ1n) is 4.80. The highest BCUT2D eigenvalue weighted by Crippen LogP contribution is 2.21. The highest BCUT2D eigenvalue weighted by molar-refractivity contribution is 6.14. The second kappa shape index (κ2) is 4.13. The molecule has 1 heterocycles. The van der Waals surface area contributed by atoms with E-state index in [1.165, 1.54) is 36.8 Å². The zero-order chi connectivity index (χ0) is 12.4. The number of benzene rings is 1. The molecule has 0 fully saturated rings. The van der Waals surface area contributed by atoms with Crippen LogP contribution in [0, 0.1) is 0 Å². The van der Waals surface area contributed by atoms with Gasteiger partial charge in [-0.3, -0.25) is 4.79 Å². The first kappa shape index (κ1) is 10.9. The van der Waals surface area contributed by atoms with Crippen molar-refractivity contribution in [3.8, 4) is 0 Å². The molecule has 0 unspecified atom stereocenters. The Hall–Kier alpha value is -2.56. The quantitative estimate of drug-likeness (QED) is 0.620. The summed E-state index contributed by atoms with van der Waals surface area (Å²) in [5.41, 5.74) is 6.03. The Morgan fingerprint density at radius 1 is 1.18 bits per heavy atom. The summed E-state index contributed by atoms with van der Waals surface area (Å²) in [6.07, 6.45) is 2.65. The summed E-state index contributed by atoms with van der Waals surface area (Å²) in [7, 11) is 0. The van der Waals surface area contributed by atoms with Crippen LogP contribution >= 0.6 is 0 Å². The van der Waals surface area contributed by atoms with Crippen molar-refractivity contribution < 1.29 is 19.1 Å². The number of ketones is 1. The van der Waals surface area contributed by atoms with E-state index in [0.29, 0.717) is 5.56 Å². The van der Waals surface area contributed by atoms with Gasteiger partial charge in [0.1, 0.15) is 6.26 Å². The molecule has 0 amide bonds. The van der Waals surface area contributed by atoms with Crippen LogP contribution in [-0.2, 0) is 0 Å². The monoisotopic (exact) mass is 231 g/mol. The largest absolute Gasteiger partial charge is 0.478 e. The molecule has 0 radical (unpaired) electrons. The van der Waals surface area contributed by atoms with E-state index in [2.05, 4.69) is 0 Å². The molecule has 17 heavy (non-hydrogen) atoms. The van der Waals surface area contributed by atoms with E-state index in [1.54, 1.807) is 0 Å². The highest BCUT2D eigenvalue weighted by Gasteiger charge is 2.17. The third-order valence-corrected chi connectivity index (χ3v) is 2.36. The van der Waals surface area contributed by atoms with Crippen molar-refractivity contribution >= 4 is 17.4 Å². The van der Waals surface area contributed by atoms with Crippen LogP contribution in [0.4, 0.5) is 5.69 Å². The molecule has 1 aromatic carbocycles. The highest BCUT2D eigenvalue weighted by atomic mass is 16.4. The van der Waals surface area contributed by atoms with E-state index >= 15 is 0 Å². The average molecular weight is 231 g/mol. The number of rotatable bonds is 3. The van der Waals surface area contributed by atoms with Crippen molar-refractivity contribution in [2.45, 2.75) is 0 Å². The summed E-state index contributed by atoms with van der Waals surface area (Å²) in [6, 6.07) is 5.81. The van der Waals surface area contributed by atoms with Crippen LogP contribution in [0.1, 0.15) is 26.3 Å². The molecule has 0 saturated heterocycles. The minimum absolute atomic E-state index is 0.0359. The van der Waals surface area contributed by atoms with Crippen LogP contribution in [0.15, 0.2) is 41.2 Å². The van der Waals surface area contributed by atoms with Crippen LogP contribution in [-0.4, -0.2) is 16.9 Å². The van der Waals surface area contributed by atoms with Gasteiger partial charge in [-0.1, -0.05) is 6.07 Å². The minimum Gasteiger partial charge on any atom is -0.478 e. The minimum atomic E-state index is -1.16. The van der Waals surface area contributed by atoms with Gasteiger partial charge in [0, 0.05) is 5.56 Å². The zero-order valence-corrected chi connectivity index (χ0v) is 8.71. The average Bonchev–Trinajstić information content (AvgIpc) is 2.81. The van der Waals surface area contributed by atoms with Crippen molar-refractivity contribution in [3.63, 3.8) is 0 Å². The fraction of sp³-hybridized carbons (Fsp3) is 0. The Labute approximate surface area is 96.5 Å². The number of anilines is 1. The lowest BCUT2D eigenvalue weighted by molar-refractivity contribution is 0.0698. The molecule has 2 aromatic rings. The maximum absolute atomic E-state index is 12.0. The molecule has 0 spiro atoms. The number of para-hydroxylation sites is 1. The standard InChI is InChI=1S/C12H9NO4/c13-10-8(2-1-3-9(10)12(15)16)11(14)7-4-5-17-6-7/h1-6H,13H2,(H,15,16). The lowest BCUT2D eigenvalue weighted by Gasteiger charge is -2.05. The molecule has 1 aromatic heterocycles. The van der Waals surface area contributed by atoms with Gasteiger partial charge in [-0.05, 0) is 18.2 Å². The topological polar surface area (TPSA) is 93.5 Å². The second-order valence-electron chi connectivity index (χ2n) is 3.41. The third-order valence-electron chi connectivity index (χ3n) is 2.36. The number of carboxylic acids is 1.